The third kappa shape index (κ3) is 2.64. The first-order valence-electron chi connectivity index (χ1n) is 5.73. The molecule has 1 aromatic carbocycles. The highest BCUT2D eigenvalue weighted by atomic mass is 19.1. The Balaban J connectivity index is 2.14. The second-order valence-corrected chi connectivity index (χ2v) is 4.36. The van der Waals surface area contributed by atoms with Gasteiger partial charge in [-0.05, 0) is 44.4 Å². The van der Waals surface area contributed by atoms with E-state index in [2.05, 4.69) is 0 Å². The number of carbonyl (C=O) groups excluding carboxylic acids is 1. The molecule has 0 heterocycles. The van der Waals surface area contributed by atoms with Crippen molar-refractivity contribution in [3.8, 4) is 5.75 Å². The number of aliphatic hydroxyl groups is 1. The van der Waals surface area contributed by atoms with E-state index in [1.54, 1.807) is 0 Å². The van der Waals surface area contributed by atoms with Gasteiger partial charge in [0.2, 0.25) is 0 Å². The Morgan fingerprint density at radius 3 is 2.76 bits per heavy atom. The fourth-order valence-electron chi connectivity index (χ4n) is 2.02. The van der Waals surface area contributed by atoms with E-state index in [4.69, 9.17) is 4.74 Å². The zero-order valence-electron chi connectivity index (χ0n) is 9.65. The van der Waals surface area contributed by atoms with Gasteiger partial charge in [-0.25, -0.2) is 4.39 Å². The SMILES string of the molecule is CC(=O)c1ccc(OC2CCCC2O)c(F)c1. The zero-order chi connectivity index (χ0) is 12.4. The lowest BCUT2D eigenvalue weighted by Crippen LogP contribution is -2.26. The molecule has 2 rings (SSSR count). The molecule has 0 aromatic heterocycles. The second kappa shape index (κ2) is 4.84. The highest BCUT2D eigenvalue weighted by Crippen LogP contribution is 2.27. The summed E-state index contributed by atoms with van der Waals surface area (Å²) in [6.45, 7) is 1.38. The summed E-state index contributed by atoms with van der Waals surface area (Å²) in [7, 11) is 0. The molecule has 1 saturated carbocycles. The Bertz CT molecular complexity index is 431. The molecule has 0 aliphatic heterocycles. The monoisotopic (exact) mass is 238 g/mol. The summed E-state index contributed by atoms with van der Waals surface area (Å²) < 4.78 is 19.0. The van der Waals surface area contributed by atoms with E-state index in [0.29, 0.717) is 12.0 Å². The number of hydrogen-bond acceptors (Lipinski definition) is 3. The average Bonchev–Trinajstić information content (AvgIpc) is 2.67. The largest absolute Gasteiger partial charge is 0.485 e. The Kier molecular flexibility index (Phi) is 3.43. The van der Waals surface area contributed by atoms with E-state index in [0.717, 1.165) is 12.8 Å². The van der Waals surface area contributed by atoms with Crippen molar-refractivity contribution in [3.05, 3.63) is 29.6 Å². The second-order valence-electron chi connectivity index (χ2n) is 4.36. The van der Waals surface area contributed by atoms with Crippen LogP contribution in [-0.4, -0.2) is 23.1 Å². The van der Waals surface area contributed by atoms with Crippen LogP contribution < -0.4 is 4.74 Å². The van der Waals surface area contributed by atoms with Crippen molar-refractivity contribution in [1.29, 1.82) is 0 Å². The molecule has 0 saturated heterocycles. The topological polar surface area (TPSA) is 46.5 Å². The predicted molar refractivity (Wildman–Crippen MR) is 60.7 cm³/mol. The number of Topliss-reactive ketones (excluding diaryl/α,β-unsaturated/α-hetero) is 1. The summed E-state index contributed by atoms with van der Waals surface area (Å²) in [5.74, 6) is -0.644. The fourth-order valence-corrected chi connectivity index (χ4v) is 2.02. The van der Waals surface area contributed by atoms with Gasteiger partial charge in [0.1, 0.15) is 6.10 Å². The third-order valence-corrected chi connectivity index (χ3v) is 3.03. The highest BCUT2D eigenvalue weighted by Gasteiger charge is 2.27. The van der Waals surface area contributed by atoms with E-state index >= 15 is 0 Å². The van der Waals surface area contributed by atoms with Crippen molar-refractivity contribution < 1.29 is 19.0 Å². The summed E-state index contributed by atoms with van der Waals surface area (Å²) in [6, 6.07) is 4.14. The Labute approximate surface area is 99.2 Å². The first-order chi connectivity index (χ1) is 8.08. The maximum absolute atomic E-state index is 13.6. The van der Waals surface area contributed by atoms with Gasteiger partial charge in [-0.1, -0.05) is 0 Å². The summed E-state index contributed by atoms with van der Waals surface area (Å²) in [4.78, 5) is 11.1. The van der Waals surface area contributed by atoms with Crippen LogP contribution in [0, 0.1) is 5.82 Å². The standard InChI is InChI=1S/C13H15FO3/c1-8(15)9-5-6-12(10(14)7-9)17-13-4-2-3-11(13)16/h5-7,11,13,16H,2-4H2,1H3. The van der Waals surface area contributed by atoms with Gasteiger partial charge in [-0.3, -0.25) is 4.79 Å². The summed E-state index contributed by atoms with van der Waals surface area (Å²) in [5.41, 5.74) is 0.321. The maximum Gasteiger partial charge on any atom is 0.165 e. The molecule has 1 fully saturated rings. The molecular weight excluding hydrogens is 223 g/mol. The molecule has 0 bridgehead atoms. The molecule has 4 heteroatoms. The van der Waals surface area contributed by atoms with E-state index in [1.807, 2.05) is 0 Å². The first kappa shape index (κ1) is 12.0. The van der Waals surface area contributed by atoms with Gasteiger partial charge in [-0.15, -0.1) is 0 Å². The van der Waals surface area contributed by atoms with Gasteiger partial charge in [0.15, 0.2) is 17.3 Å². The molecule has 1 aliphatic rings. The zero-order valence-corrected chi connectivity index (χ0v) is 9.65. The van der Waals surface area contributed by atoms with Crippen LogP contribution in [0.25, 0.3) is 0 Å². The quantitative estimate of drug-likeness (QED) is 0.822. The van der Waals surface area contributed by atoms with Crippen LogP contribution in [0.1, 0.15) is 36.5 Å². The number of carbonyl (C=O) groups is 1. The van der Waals surface area contributed by atoms with Gasteiger partial charge in [0.05, 0.1) is 6.10 Å². The van der Waals surface area contributed by atoms with Gasteiger partial charge >= 0.3 is 0 Å². The normalized spacial score (nSPS) is 23.7. The number of halogens is 1. The summed E-state index contributed by atoms with van der Waals surface area (Å²) >= 11 is 0. The number of rotatable bonds is 3. The van der Waals surface area contributed by atoms with Crippen LogP contribution in [0.2, 0.25) is 0 Å². The van der Waals surface area contributed by atoms with Crippen molar-refractivity contribution in [3.63, 3.8) is 0 Å². The van der Waals surface area contributed by atoms with Gasteiger partial charge < -0.3 is 9.84 Å². The van der Waals surface area contributed by atoms with Crippen molar-refractivity contribution in [1.82, 2.24) is 0 Å². The van der Waals surface area contributed by atoms with Crippen molar-refractivity contribution in [2.45, 2.75) is 38.4 Å². The molecule has 1 N–H and O–H groups in total. The minimum Gasteiger partial charge on any atom is -0.485 e. The number of aliphatic hydroxyl groups excluding tert-OH is 1. The van der Waals surface area contributed by atoms with Crippen LogP contribution in [0.4, 0.5) is 4.39 Å². The molecule has 17 heavy (non-hydrogen) atoms. The number of ketones is 1. The lowest BCUT2D eigenvalue weighted by Gasteiger charge is -2.17. The molecule has 1 aromatic rings. The molecule has 0 spiro atoms. The molecule has 92 valence electrons. The Morgan fingerprint density at radius 2 is 2.24 bits per heavy atom. The Morgan fingerprint density at radius 1 is 1.47 bits per heavy atom. The minimum absolute atomic E-state index is 0.0981. The van der Waals surface area contributed by atoms with Crippen LogP contribution in [0.3, 0.4) is 0 Å². The van der Waals surface area contributed by atoms with Crippen molar-refractivity contribution in [2.75, 3.05) is 0 Å². The van der Waals surface area contributed by atoms with E-state index < -0.39 is 11.9 Å². The lowest BCUT2D eigenvalue weighted by molar-refractivity contribution is 0.0578. The summed E-state index contributed by atoms with van der Waals surface area (Å²) in [5, 5.41) is 9.58. The summed E-state index contributed by atoms with van der Waals surface area (Å²) in [6.07, 6.45) is 1.45. The lowest BCUT2D eigenvalue weighted by atomic mass is 10.1. The van der Waals surface area contributed by atoms with E-state index in [-0.39, 0.29) is 17.6 Å². The first-order valence-corrected chi connectivity index (χ1v) is 5.73. The fraction of sp³-hybridized carbons (Fsp3) is 0.462. The van der Waals surface area contributed by atoms with E-state index in [1.165, 1.54) is 25.1 Å². The molecule has 0 amide bonds. The smallest absolute Gasteiger partial charge is 0.165 e. The van der Waals surface area contributed by atoms with Gasteiger partial charge in [0, 0.05) is 5.56 Å². The molecule has 2 atom stereocenters. The molecule has 3 nitrogen and oxygen atoms in total. The minimum atomic E-state index is -0.559. The van der Waals surface area contributed by atoms with Crippen LogP contribution in [0.15, 0.2) is 18.2 Å². The molecule has 0 radical (unpaired) electrons. The molecular formula is C13H15FO3. The van der Waals surface area contributed by atoms with Crippen molar-refractivity contribution >= 4 is 5.78 Å². The van der Waals surface area contributed by atoms with Crippen LogP contribution >= 0.6 is 0 Å². The highest BCUT2D eigenvalue weighted by molar-refractivity contribution is 5.94. The predicted octanol–water partition coefficient (Wildman–Crippen LogP) is 2.32. The maximum atomic E-state index is 13.6. The third-order valence-electron chi connectivity index (χ3n) is 3.03. The van der Waals surface area contributed by atoms with Crippen LogP contribution in [0.5, 0.6) is 5.75 Å². The number of ether oxygens (including phenoxy) is 1. The number of hydrogen-bond donors (Lipinski definition) is 1. The van der Waals surface area contributed by atoms with Gasteiger partial charge in [0.25, 0.3) is 0 Å². The van der Waals surface area contributed by atoms with Crippen LogP contribution in [-0.2, 0) is 0 Å². The number of benzene rings is 1. The van der Waals surface area contributed by atoms with E-state index in [9.17, 15) is 14.3 Å². The molecule has 1 aliphatic carbocycles. The molecule has 2 unspecified atom stereocenters. The van der Waals surface area contributed by atoms with Crippen molar-refractivity contribution in [2.24, 2.45) is 0 Å². The Hall–Kier alpha value is -1.42. The average molecular weight is 238 g/mol. The van der Waals surface area contributed by atoms with Gasteiger partial charge in [-0.2, -0.15) is 0 Å².